The highest BCUT2D eigenvalue weighted by molar-refractivity contribution is 5.82. The number of ether oxygens (including phenoxy) is 2. The Morgan fingerprint density at radius 3 is 1.41 bits per heavy atom. The summed E-state index contributed by atoms with van der Waals surface area (Å²) in [4.78, 5) is 13.4. The number of nitrogens with two attached hydrogens (primary N) is 1. The summed E-state index contributed by atoms with van der Waals surface area (Å²) in [6.07, 6.45) is 20.2. The van der Waals surface area contributed by atoms with Crippen LogP contribution in [0.2, 0.25) is 0 Å². The van der Waals surface area contributed by atoms with Crippen molar-refractivity contribution in [2.75, 3.05) is 6.61 Å². The van der Waals surface area contributed by atoms with E-state index in [1.54, 1.807) is 0 Å². The zero-order valence-electron chi connectivity index (χ0n) is 32.7. The lowest BCUT2D eigenvalue weighted by Crippen LogP contribution is -2.61. The van der Waals surface area contributed by atoms with Crippen molar-refractivity contribution in [3.05, 3.63) is 0 Å². The van der Waals surface area contributed by atoms with Crippen LogP contribution in [0.4, 0.5) is 0 Å². The van der Waals surface area contributed by atoms with Gasteiger partial charge in [0.05, 0.1) is 24.7 Å². The number of ketones is 1. The van der Waals surface area contributed by atoms with Crippen molar-refractivity contribution in [3.8, 4) is 0 Å². The van der Waals surface area contributed by atoms with Crippen LogP contribution in [0, 0.1) is 5.92 Å². The first-order valence-electron chi connectivity index (χ1n) is 21.3. The van der Waals surface area contributed by atoms with Crippen LogP contribution >= 0.6 is 0 Å². The molecule has 10 heteroatoms. The molecular formula is C41H81NO9. The molecule has 10 nitrogen and oxygen atoms in total. The smallest absolute Gasteiger partial charge is 0.188 e. The number of carbonyl (C=O) groups excluding carboxylic acids is 1. The quantitative estimate of drug-likeness (QED) is 0.0266. The maximum atomic E-state index is 13.4. The number of aliphatic hydroxyl groups is 6. The Bertz CT molecular complexity index is 803. The second-order valence-electron chi connectivity index (χ2n) is 15.4. The van der Waals surface area contributed by atoms with E-state index < -0.39 is 61.7 Å². The van der Waals surface area contributed by atoms with Crippen molar-refractivity contribution >= 4 is 5.78 Å². The lowest BCUT2D eigenvalue weighted by molar-refractivity contribution is -0.315. The minimum absolute atomic E-state index is 0.162. The summed E-state index contributed by atoms with van der Waals surface area (Å²) in [7, 11) is 0. The molecular weight excluding hydrogens is 650 g/mol. The van der Waals surface area contributed by atoms with Crippen molar-refractivity contribution in [1.29, 1.82) is 0 Å². The van der Waals surface area contributed by atoms with Gasteiger partial charge < -0.3 is 45.8 Å². The van der Waals surface area contributed by atoms with Crippen molar-refractivity contribution in [1.82, 2.24) is 0 Å². The molecule has 304 valence electrons. The van der Waals surface area contributed by atoms with Crippen molar-refractivity contribution in [3.63, 3.8) is 0 Å². The SMILES string of the molecule is CCCCCCCCCCCCCCCCCCCCCCCC(=O)[C@H](C(N)O[C@H]1O[C@H](CO)[C@H](O)[C@H](O)[C@H]1O)[C@H](O)[C@H](O)CCCCCCC. The summed E-state index contributed by atoms with van der Waals surface area (Å²) >= 11 is 0. The Hall–Kier alpha value is -0.690. The fourth-order valence-corrected chi connectivity index (χ4v) is 7.25. The van der Waals surface area contributed by atoms with Gasteiger partial charge in [0.15, 0.2) is 6.29 Å². The molecule has 0 radical (unpaired) electrons. The van der Waals surface area contributed by atoms with Crippen LogP contribution in [-0.2, 0) is 14.3 Å². The number of rotatable bonds is 35. The van der Waals surface area contributed by atoms with E-state index >= 15 is 0 Å². The zero-order valence-corrected chi connectivity index (χ0v) is 32.7. The highest BCUT2D eigenvalue weighted by Gasteiger charge is 2.46. The maximum absolute atomic E-state index is 13.4. The molecule has 1 aliphatic rings. The van der Waals surface area contributed by atoms with E-state index in [2.05, 4.69) is 13.8 Å². The fourth-order valence-electron chi connectivity index (χ4n) is 7.25. The Morgan fingerprint density at radius 1 is 0.608 bits per heavy atom. The van der Waals surface area contributed by atoms with Gasteiger partial charge in [-0.3, -0.25) is 4.79 Å². The molecule has 9 atom stereocenters. The van der Waals surface area contributed by atoms with Gasteiger partial charge in [-0.15, -0.1) is 0 Å². The average Bonchev–Trinajstić information content (AvgIpc) is 3.12. The topological polar surface area (TPSA) is 183 Å². The molecule has 0 aliphatic carbocycles. The largest absolute Gasteiger partial charge is 0.394 e. The van der Waals surface area contributed by atoms with Gasteiger partial charge in [0.2, 0.25) is 0 Å². The average molecular weight is 732 g/mol. The number of carbonyl (C=O) groups is 1. The third-order valence-corrected chi connectivity index (χ3v) is 10.8. The molecule has 0 bridgehead atoms. The van der Waals surface area contributed by atoms with Crippen LogP contribution in [0.1, 0.15) is 194 Å². The van der Waals surface area contributed by atoms with Gasteiger partial charge in [-0.2, -0.15) is 0 Å². The van der Waals surface area contributed by atoms with Gasteiger partial charge in [0, 0.05) is 6.42 Å². The van der Waals surface area contributed by atoms with Gasteiger partial charge in [-0.1, -0.05) is 174 Å². The first-order valence-corrected chi connectivity index (χ1v) is 21.3. The minimum atomic E-state index is -1.69. The maximum Gasteiger partial charge on any atom is 0.188 e. The summed E-state index contributed by atoms with van der Waals surface area (Å²) in [6, 6.07) is 0. The second-order valence-corrected chi connectivity index (χ2v) is 15.4. The first kappa shape index (κ1) is 48.3. The summed E-state index contributed by atoms with van der Waals surface area (Å²) in [6.45, 7) is 3.75. The number of hydrogen-bond acceptors (Lipinski definition) is 10. The number of hydrogen-bond donors (Lipinski definition) is 7. The molecule has 1 heterocycles. The Labute approximate surface area is 311 Å². The van der Waals surface area contributed by atoms with Crippen LogP contribution in [0.5, 0.6) is 0 Å². The highest BCUT2D eigenvalue weighted by atomic mass is 16.7. The predicted octanol–water partition coefficient (Wildman–Crippen LogP) is 6.96. The summed E-state index contributed by atoms with van der Waals surface area (Å²) in [5.74, 6) is -1.63. The summed E-state index contributed by atoms with van der Waals surface area (Å²) < 4.78 is 11.1. The molecule has 0 saturated carbocycles. The van der Waals surface area contributed by atoms with Crippen LogP contribution in [-0.4, -0.2) is 92.2 Å². The molecule has 51 heavy (non-hydrogen) atoms. The molecule has 0 aromatic heterocycles. The number of unbranched alkanes of at least 4 members (excludes halogenated alkanes) is 24. The molecule has 0 spiro atoms. The van der Waals surface area contributed by atoms with Crippen LogP contribution in [0.15, 0.2) is 0 Å². The van der Waals surface area contributed by atoms with E-state index in [9.17, 15) is 35.4 Å². The van der Waals surface area contributed by atoms with Crippen molar-refractivity contribution < 1.29 is 44.9 Å². The summed E-state index contributed by atoms with van der Waals surface area (Å²) in [5.41, 5.74) is 6.28. The Morgan fingerprint density at radius 2 is 1.00 bits per heavy atom. The van der Waals surface area contributed by atoms with E-state index in [-0.39, 0.29) is 12.2 Å². The molecule has 0 amide bonds. The number of Topliss-reactive ketones (excluding diaryl/α,β-unsaturated/α-hetero) is 1. The predicted molar refractivity (Wildman–Crippen MR) is 204 cm³/mol. The van der Waals surface area contributed by atoms with Gasteiger partial charge in [-0.25, -0.2) is 0 Å². The standard InChI is InChI=1S/C41H81NO9/c1-3-5-7-9-10-11-12-13-14-15-16-17-18-19-20-21-22-23-24-26-27-29-32(44)35(36(46)33(45)30-28-25-8-6-4-2)40(42)51-41-39(49)38(48)37(47)34(31-43)50-41/h33-41,43,45-49H,3-31,42H2,1-2H3/t33-,34-,35+,36-,37+,38+,39-,40?,41-/m1/s1. The monoisotopic (exact) mass is 732 g/mol. The third kappa shape index (κ3) is 21.7. The first-order chi connectivity index (χ1) is 24.7. The fraction of sp³-hybridized carbons (Fsp3) is 0.976. The van der Waals surface area contributed by atoms with E-state index in [0.29, 0.717) is 19.3 Å². The van der Waals surface area contributed by atoms with Crippen LogP contribution in [0.3, 0.4) is 0 Å². The van der Waals surface area contributed by atoms with E-state index in [1.165, 1.54) is 109 Å². The van der Waals surface area contributed by atoms with Crippen LogP contribution in [0.25, 0.3) is 0 Å². The van der Waals surface area contributed by atoms with Gasteiger partial charge >= 0.3 is 0 Å². The normalized spacial score (nSPS) is 23.3. The van der Waals surface area contributed by atoms with E-state index in [0.717, 1.165) is 44.9 Å². The lowest BCUT2D eigenvalue weighted by atomic mass is 9.87. The van der Waals surface area contributed by atoms with Gasteiger partial charge in [0.25, 0.3) is 0 Å². The molecule has 1 unspecified atom stereocenters. The molecule has 1 saturated heterocycles. The van der Waals surface area contributed by atoms with E-state index in [4.69, 9.17) is 15.2 Å². The summed E-state index contributed by atoms with van der Waals surface area (Å²) in [5, 5.41) is 62.1. The van der Waals surface area contributed by atoms with Gasteiger partial charge in [0.1, 0.15) is 36.4 Å². The highest BCUT2D eigenvalue weighted by Crippen LogP contribution is 2.27. The molecule has 0 aromatic carbocycles. The number of aliphatic hydroxyl groups excluding tert-OH is 6. The molecule has 0 aromatic rings. The zero-order chi connectivity index (χ0) is 37.7. The van der Waals surface area contributed by atoms with Crippen molar-refractivity contribution in [2.24, 2.45) is 11.7 Å². The van der Waals surface area contributed by atoms with Crippen molar-refractivity contribution in [2.45, 2.75) is 243 Å². The third-order valence-electron chi connectivity index (χ3n) is 10.8. The molecule has 8 N–H and O–H groups in total. The minimum Gasteiger partial charge on any atom is -0.394 e. The Kier molecular flexibility index (Phi) is 30.0. The molecule has 1 rings (SSSR count). The molecule has 1 fully saturated rings. The molecule has 1 aliphatic heterocycles. The van der Waals surface area contributed by atoms with Crippen LogP contribution < -0.4 is 5.73 Å². The lowest BCUT2D eigenvalue weighted by Gasteiger charge is -2.41. The van der Waals surface area contributed by atoms with E-state index in [1.807, 2.05) is 0 Å². The second kappa shape index (κ2) is 31.6. The Balaban J connectivity index is 2.35. The van der Waals surface area contributed by atoms with Gasteiger partial charge in [-0.05, 0) is 12.8 Å².